The highest BCUT2D eigenvalue weighted by atomic mass is 79.9. The third kappa shape index (κ3) is 3.43. The number of carbonyl (C=O) groups excluding carboxylic acids is 2. The maximum Gasteiger partial charge on any atom is 0.322 e. The number of nitrogens with two attached hydrogens (primary N) is 1. The van der Waals surface area contributed by atoms with Crippen LogP contribution in [0, 0.1) is 6.92 Å². The van der Waals surface area contributed by atoms with Crippen LogP contribution in [0.1, 0.15) is 32.0 Å². The minimum atomic E-state index is -1.17. The molecule has 2 aromatic heterocycles. The van der Waals surface area contributed by atoms with Crippen molar-refractivity contribution in [1.29, 1.82) is 0 Å². The molecule has 0 aliphatic heterocycles. The standard InChI is InChI=1S/C19H16BrN3O4/c1-10-16(20)14-4-2-3-7-23(14)17(10)18(26)11-5-6-13(21)12(8-11)19(27)22-9-15(24)25/h2-8H,9,21H2,1H3,(H,22,27)(H,24,25). The molecule has 7 nitrogen and oxygen atoms in total. The lowest BCUT2D eigenvalue weighted by atomic mass is 10.0. The summed E-state index contributed by atoms with van der Waals surface area (Å²) in [6, 6.07) is 9.97. The number of hydrogen-bond acceptors (Lipinski definition) is 4. The van der Waals surface area contributed by atoms with Crippen molar-refractivity contribution in [3.8, 4) is 0 Å². The molecule has 138 valence electrons. The Labute approximate surface area is 162 Å². The molecule has 2 heterocycles. The highest BCUT2D eigenvalue weighted by molar-refractivity contribution is 9.10. The van der Waals surface area contributed by atoms with E-state index in [0.29, 0.717) is 5.69 Å². The van der Waals surface area contributed by atoms with Gasteiger partial charge in [0.05, 0.1) is 16.8 Å². The molecule has 27 heavy (non-hydrogen) atoms. The van der Waals surface area contributed by atoms with Crippen molar-refractivity contribution in [3.63, 3.8) is 0 Å². The molecule has 0 aliphatic carbocycles. The smallest absolute Gasteiger partial charge is 0.322 e. The quantitative estimate of drug-likeness (QED) is 0.426. The zero-order chi connectivity index (χ0) is 19.7. The summed E-state index contributed by atoms with van der Waals surface area (Å²) in [4.78, 5) is 36.0. The molecule has 4 N–H and O–H groups in total. The number of nitrogens with one attached hydrogen (secondary N) is 1. The van der Waals surface area contributed by atoms with Gasteiger partial charge in [-0.15, -0.1) is 0 Å². The lowest BCUT2D eigenvalue weighted by molar-refractivity contribution is -0.135. The van der Waals surface area contributed by atoms with Crippen LogP contribution >= 0.6 is 15.9 Å². The molecule has 1 amide bonds. The predicted molar refractivity (Wildman–Crippen MR) is 104 cm³/mol. The van der Waals surface area contributed by atoms with E-state index in [4.69, 9.17) is 10.8 Å². The van der Waals surface area contributed by atoms with Gasteiger partial charge in [0, 0.05) is 21.9 Å². The van der Waals surface area contributed by atoms with Gasteiger partial charge in [-0.3, -0.25) is 14.4 Å². The van der Waals surface area contributed by atoms with Gasteiger partial charge in [-0.1, -0.05) is 6.07 Å². The van der Waals surface area contributed by atoms with Gasteiger partial charge in [0.2, 0.25) is 5.78 Å². The molecule has 0 radical (unpaired) electrons. The number of nitrogens with zero attached hydrogens (tertiary/aromatic N) is 1. The van der Waals surface area contributed by atoms with Crippen LogP contribution in [-0.4, -0.2) is 33.7 Å². The maximum absolute atomic E-state index is 13.1. The van der Waals surface area contributed by atoms with Crippen LogP contribution in [-0.2, 0) is 4.79 Å². The minimum Gasteiger partial charge on any atom is -0.480 e. The molecule has 0 atom stereocenters. The van der Waals surface area contributed by atoms with E-state index in [2.05, 4.69) is 21.2 Å². The third-order valence-corrected chi connectivity index (χ3v) is 5.19. The number of nitrogen functional groups attached to an aromatic ring is 1. The number of carbonyl (C=O) groups is 3. The van der Waals surface area contributed by atoms with Crippen LogP contribution in [0.4, 0.5) is 5.69 Å². The van der Waals surface area contributed by atoms with Gasteiger partial charge in [-0.05, 0) is 58.7 Å². The van der Waals surface area contributed by atoms with E-state index < -0.39 is 18.4 Å². The predicted octanol–water partition coefficient (Wildman–Crippen LogP) is 2.64. The van der Waals surface area contributed by atoms with E-state index in [1.165, 1.54) is 12.1 Å². The SMILES string of the molecule is Cc1c(Br)c2ccccn2c1C(=O)c1ccc(N)c(C(=O)NCC(=O)O)c1. The summed E-state index contributed by atoms with van der Waals surface area (Å²) < 4.78 is 2.60. The molecular formula is C19H16BrN3O4. The number of fused-ring (bicyclic) bond motifs is 1. The van der Waals surface area contributed by atoms with E-state index in [-0.39, 0.29) is 22.6 Å². The van der Waals surface area contributed by atoms with Gasteiger partial charge >= 0.3 is 5.97 Å². The molecule has 0 spiro atoms. The van der Waals surface area contributed by atoms with Gasteiger partial charge in [-0.25, -0.2) is 0 Å². The number of pyridine rings is 1. The van der Waals surface area contributed by atoms with Crippen molar-refractivity contribution in [2.45, 2.75) is 6.92 Å². The lowest BCUT2D eigenvalue weighted by Crippen LogP contribution is -2.30. The summed E-state index contributed by atoms with van der Waals surface area (Å²) >= 11 is 3.51. The maximum atomic E-state index is 13.1. The summed E-state index contributed by atoms with van der Waals surface area (Å²) in [5.74, 6) is -2.09. The number of aromatic nitrogens is 1. The van der Waals surface area contributed by atoms with Crippen LogP contribution in [0.3, 0.4) is 0 Å². The Kier molecular flexibility index (Phi) is 5.00. The Balaban J connectivity index is 2.04. The van der Waals surface area contributed by atoms with Crippen molar-refractivity contribution < 1.29 is 19.5 Å². The van der Waals surface area contributed by atoms with Crippen LogP contribution in [0.15, 0.2) is 47.1 Å². The first kappa shape index (κ1) is 18.7. The summed E-state index contributed by atoms with van der Waals surface area (Å²) in [6.07, 6.45) is 1.79. The van der Waals surface area contributed by atoms with E-state index in [1.54, 1.807) is 16.7 Å². The topological polar surface area (TPSA) is 114 Å². The van der Waals surface area contributed by atoms with Crippen LogP contribution in [0.25, 0.3) is 5.52 Å². The molecule has 0 aliphatic rings. The highest BCUT2D eigenvalue weighted by Crippen LogP contribution is 2.30. The van der Waals surface area contributed by atoms with E-state index in [1.807, 2.05) is 25.1 Å². The summed E-state index contributed by atoms with van der Waals surface area (Å²) in [5.41, 5.74) is 8.43. The lowest BCUT2D eigenvalue weighted by Gasteiger charge is -2.09. The number of anilines is 1. The Morgan fingerprint density at radius 2 is 1.96 bits per heavy atom. The van der Waals surface area contributed by atoms with Crippen molar-refractivity contribution in [3.05, 3.63) is 69.5 Å². The first-order valence-corrected chi connectivity index (χ1v) is 8.80. The Hall–Kier alpha value is -3.13. The Morgan fingerprint density at radius 1 is 1.22 bits per heavy atom. The molecule has 0 saturated carbocycles. The normalized spacial score (nSPS) is 10.7. The highest BCUT2D eigenvalue weighted by Gasteiger charge is 2.22. The number of ketones is 1. The van der Waals surface area contributed by atoms with Crippen LogP contribution in [0.2, 0.25) is 0 Å². The van der Waals surface area contributed by atoms with E-state index >= 15 is 0 Å². The number of rotatable bonds is 5. The van der Waals surface area contributed by atoms with Gasteiger partial charge in [0.1, 0.15) is 6.54 Å². The zero-order valence-corrected chi connectivity index (χ0v) is 15.9. The van der Waals surface area contributed by atoms with Gasteiger partial charge in [-0.2, -0.15) is 0 Å². The number of carboxylic acids is 1. The summed E-state index contributed by atoms with van der Waals surface area (Å²) in [5, 5.41) is 10.9. The first-order chi connectivity index (χ1) is 12.8. The summed E-state index contributed by atoms with van der Waals surface area (Å²) in [7, 11) is 0. The Morgan fingerprint density at radius 3 is 2.67 bits per heavy atom. The fourth-order valence-corrected chi connectivity index (χ4v) is 3.37. The first-order valence-electron chi connectivity index (χ1n) is 8.00. The second-order valence-corrected chi connectivity index (χ2v) is 6.74. The minimum absolute atomic E-state index is 0.0553. The molecule has 0 fully saturated rings. The third-order valence-electron chi connectivity index (χ3n) is 4.19. The molecular weight excluding hydrogens is 414 g/mol. The van der Waals surface area contributed by atoms with Gasteiger partial charge in [0.25, 0.3) is 5.91 Å². The van der Waals surface area contributed by atoms with Crippen molar-refractivity contribution >= 4 is 44.8 Å². The molecule has 0 bridgehead atoms. The zero-order valence-electron chi connectivity index (χ0n) is 14.3. The molecule has 0 saturated heterocycles. The number of aliphatic carboxylic acids is 1. The number of amides is 1. The molecule has 1 aromatic carbocycles. The molecule has 8 heteroatoms. The van der Waals surface area contributed by atoms with Crippen molar-refractivity contribution in [2.75, 3.05) is 12.3 Å². The molecule has 0 unspecified atom stereocenters. The molecule has 3 rings (SSSR count). The molecule has 3 aromatic rings. The van der Waals surface area contributed by atoms with Crippen molar-refractivity contribution in [1.82, 2.24) is 9.72 Å². The van der Waals surface area contributed by atoms with Crippen LogP contribution < -0.4 is 11.1 Å². The monoisotopic (exact) mass is 429 g/mol. The van der Waals surface area contributed by atoms with E-state index in [0.717, 1.165) is 15.6 Å². The number of hydrogen-bond donors (Lipinski definition) is 3. The second-order valence-electron chi connectivity index (χ2n) is 5.95. The second kappa shape index (κ2) is 7.24. The van der Waals surface area contributed by atoms with Gasteiger partial charge in [0.15, 0.2) is 0 Å². The number of halogens is 1. The average molecular weight is 430 g/mol. The fourth-order valence-electron chi connectivity index (χ4n) is 2.86. The van der Waals surface area contributed by atoms with Gasteiger partial charge < -0.3 is 20.6 Å². The van der Waals surface area contributed by atoms with Crippen LogP contribution in [0.5, 0.6) is 0 Å². The average Bonchev–Trinajstić information content (AvgIpc) is 2.90. The van der Waals surface area contributed by atoms with Crippen molar-refractivity contribution in [2.24, 2.45) is 0 Å². The summed E-state index contributed by atoms with van der Waals surface area (Å²) in [6.45, 7) is 1.30. The Bertz CT molecular complexity index is 1090. The number of benzene rings is 1. The largest absolute Gasteiger partial charge is 0.480 e. The number of carboxylic acid groups (broad SMARTS) is 1. The van der Waals surface area contributed by atoms with E-state index in [9.17, 15) is 14.4 Å². The fraction of sp³-hybridized carbons (Fsp3) is 0.105.